The summed E-state index contributed by atoms with van der Waals surface area (Å²) in [6.07, 6.45) is -0.325. The van der Waals surface area contributed by atoms with Gasteiger partial charge >= 0.3 is 0 Å². The fourth-order valence-electron chi connectivity index (χ4n) is 2.54. The topological polar surface area (TPSA) is 73.9 Å². The van der Waals surface area contributed by atoms with Crippen molar-refractivity contribution in [1.82, 2.24) is 0 Å². The molecule has 0 bridgehead atoms. The smallest absolute Gasteiger partial charge is 0.131 e. The van der Waals surface area contributed by atoms with Crippen LogP contribution in [0, 0.1) is 0 Å². The average Bonchev–Trinajstić information content (AvgIpc) is 2.60. The van der Waals surface area contributed by atoms with E-state index in [1.54, 1.807) is 33.5 Å². The van der Waals surface area contributed by atoms with E-state index in [-0.39, 0.29) is 12.4 Å². The molecule has 0 fully saturated rings. The van der Waals surface area contributed by atoms with E-state index in [1.165, 1.54) is 0 Å². The Morgan fingerprint density at radius 2 is 1.50 bits per heavy atom. The van der Waals surface area contributed by atoms with E-state index in [0.717, 1.165) is 5.56 Å². The van der Waals surface area contributed by atoms with Gasteiger partial charge < -0.3 is 25.1 Å². The van der Waals surface area contributed by atoms with Crippen molar-refractivity contribution in [2.75, 3.05) is 21.3 Å². The minimum Gasteiger partial charge on any atom is -0.496 e. The Labute approximate surface area is 148 Å². The fourth-order valence-corrected chi connectivity index (χ4v) is 2.54. The first-order valence-corrected chi connectivity index (χ1v) is 7.38. The monoisotopic (exact) mass is 353 g/mol. The summed E-state index contributed by atoms with van der Waals surface area (Å²) in [5.41, 5.74) is 7.92. The van der Waals surface area contributed by atoms with Crippen molar-refractivity contribution < 1.29 is 19.3 Å². The first kappa shape index (κ1) is 20.1. The van der Waals surface area contributed by atoms with E-state index in [2.05, 4.69) is 0 Å². The molecule has 132 valence electrons. The molecule has 0 amide bonds. The van der Waals surface area contributed by atoms with E-state index in [0.29, 0.717) is 29.2 Å². The van der Waals surface area contributed by atoms with Crippen LogP contribution in [0.3, 0.4) is 0 Å². The van der Waals surface area contributed by atoms with E-state index in [4.69, 9.17) is 19.9 Å². The molecule has 0 spiro atoms. The Morgan fingerprint density at radius 1 is 0.958 bits per heavy atom. The zero-order chi connectivity index (χ0) is 16.8. The van der Waals surface area contributed by atoms with Crippen LogP contribution in [-0.4, -0.2) is 32.5 Å². The Kier molecular flexibility index (Phi) is 7.85. The highest BCUT2D eigenvalue weighted by Crippen LogP contribution is 2.38. The van der Waals surface area contributed by atoms with Gasteiger partial charge in [-0.2, -0.15) is 0 Å². The molecular formula is C18H24ClNO4. The van der Waals surface area contributed by atoms with E-state index >= 15 is 0 Å². The van der Waals surface area contributed by atoms with Crippen LogP contribution in [0.15, 0.2) is 42.5 Å². The third kappa shape index (κ3) is 4.54. The van der Waals surface area contributed by atoms with Gasteiger partial charge in [-0.15, -0.1) is 12.4 Å². The first-order valence-electron chi connectivity index (χ1n) is 7.38. The van der Waals surface area contributed by atoms with Crippen LogP contribution in [0.5, 0.6) is 17.2 Å². The molecule has 5 nitrogen and oxygen atoms in total. The molecule has 0 aromatic heterocycles. The second-order valence-corrected chi connectivity index (χ2v) is 5.23. The van der Waals surface area contributed by atoms with Crippen molar-refractivity contribution in [2.24, 2.45) is 5.73 Å². The molecule has 24 heavy (non-hydrogen) atoms. The molecule has 0 aliphatic rings. The number of methoxy groups -OCH3 is 3. The summed E-state index contributed by atoms with van der Waals surface area (Å²) in [5.74, 6) is 1.66. The lowest BCUT2D eigenvalue weighted by molar-refractivity contribution is 0.142. The number of benzene rings is 2. The van der Waals surface area contributed by atoms with Crippen LogP contribution in [0.1, 0.15) is 17.2 Å². The molecule has 0 saturated carbocycles. The van der Waals surface area contributed by atoms with Crippen molar-refractivity contribution in [3.63, 3.8) is 0 Å². The molecule has 2 atom stereocenters. The van der Waals surface area contributed by atoms with Crippen molar-refractivity contribution >= 4 is 12.4 Å². The zero-order valence-corrected chi connectivity index (χ0v) is 14.9. The molecule has 0 heterocycles. The Hall–Kier alpha value is -1.95. The second-order valence-electron chi connectivity index (χ2n) is 5.23. The maximum atomic E-state index is 10.5. The predicted molar refractivity (Wildman–Crippen MR) is 96.4 cm³/mol. The van der Waals surface area contributed by atoms with Gasteiger partial charge in [-0.3, -0.25) is 0 Å². The number of halogens is 1. The summed E-state index contributed by atoms with van der Waals surface area (Å²) < 4.78 is 16.0. The minimum atomic E-state index is -0.770. The van der Waals surface area contributed by atoms with Gasteiger partial charge in [0, 0.05) is 18.6 Å². The number of hydrogen-bond acceptors (Lipinski definition) is 5. The van der Waals surface area contributed by atoms with Gasteiger partial charge in [0.2, 0.25) is 0 Å². The van der Waals surface area contributed by atoms with Crippen LogP contribution >= 0.6 is 12.4 Å². The summed E-state index contributed by atoms with van der Waals surface area (Å²) >= 11 is 0. The maximum Gasteiger partial charge on any atom is 0.131 e. The van der Waals surface area contributed by atoms with Gasteiger partial charge in [0.25, 0.3) is 0 Å². The summed E-state index contributed by atoms with van der Waals surface area (Å²) in [6.45, 7) is 0. The molecule has 0 aliphatic carbocycles. The number of ether oxygens (including phenoxy) is 3. The first-order chi connectivity index (χ1) is 11.1. The second kappa shape index (κ2) is 9.37. The van der Waals surface area contributed by atoms with Gasteiger partial charge in [0.1, 0.15) is 17.2 Å². The number of nitrogens with two attached hydrogens (primary N) is 1. The number of aliphatic hydroxyl groups excluding tert-OH is 1. The SMILES string of the molecule is COc1cc(OC)c([C@H](N)[C@H](O)Cc2ccccc2)c(OC)c1.Cl. The molecular weight excluding hydrogens is 330 g/mol. The van der Waals surface area contributed by atoms with E-state index in [1.807, 2.05) is 30.3 Å². The van der Waals surface area contributed by atoms with Gasteiger partial charge in [-0.05, 0) is 5.56 Å². The molecule has 0 aliphatic heterocycles. The molecule has 6 heteroatoms. The van der Waals surface area contributed by atoms with E-state index < -0.39 is 12.1 Å². The van der Waals surface area contributed by atoms with Crippen molar-refractivity contribution in [3.8, 4) is 17.2 Å². The molecule has 2 aromatic rings. The fraction of sp³-hybridized carbons (Fsp3) is 0.333. The van der Waals surface area contributed by atoms with Gasteiger partial charge in [-0.1, -0.05) is 30.3 Å². The average molecular weight is 354 g/mol. The number of aliphatic hydroxyl groups is 1. The zero-order valence-electron chi connectivity index (χ0n) is 14.1. The highest BCUT2D eigenvalue weighted by atomic mass is 35.5. The lowest BCUT2D eigenvalue weighted by Crippen LogP contribution is -2.29. The van der Waals surface area contributed by atoms with Crippen LogP contribution < -0.4 is 19.9 Å². The number of rotatable bonds is 7. The Balaban J connectivity index is 0.00000288. The molecule has 2 aromatic carbocycles. The lowest BCUT2D eigenvalue weighted by Gasteiger charge is -2.24. The molecule has 0 saturated heterocycles. The van der Waals surface area contributed by atoms with Crippen LogP contribution in [0.25, 0.3) is 0 Å². The molecule has 0 radical (unpaired) electrons. The number of hydrogen-bond donors (Lipinski definition) is 2. The van der Waals surface area contributed by atoms with Crippen molar-refractivity contribution in [1.29, 1.82) is 0 Å². The molecule has 0 unspecified atom stereocenters. The van der Waals surface area contributed by atoms with Crippen LogP contribution in [0.2, 0.25) is 0 Å². The Bertz CT molecular complexity index is 611. The largest absolute Gasteiger partial charge is 0.496 e. The normalized spacial score (nSPS) is 12.7. The van der Waals surface area contributed by atoms with Gasteiger partial charge in [-0.25, -0.2) is 0 Å². The summed E-state index contributed by atoms with van der Waals surface area (Å²) in [6, 6.07) is 12.5. The van der Waals surface area contributed by atoms with Crippen LogP contribution in [0.4, 0.5) is 0 Å². The minimum absolute atomic E-state index is 0. The molecule has 3 N–H and O–H groups in total. The van der Waals surface area contributed by atoms with Gasteiger partial charge in [0.05, 0.1) is 39.0 Å². The predicted octanol–water partition coefficient (Wildman–Crippen LogP) is 2.74. The third-order valence-corrected chi connectivity index (χ3v) is 3.79. The summed E-state index contributed by atoms with van der Waals surface area (Å²) in [7, 11) is 4.67. The Morgan fingerprint density at radius 3 is 1.96 bits per heavy atom. The third-order valence-electron chi connectivity index (χ3n) is 3.79. The van der Waals surface area contributed by atoms with Gasteiger partial charge in [0.15, 0.2) is 0 Å². The summed E-state index contributed by atoms with van der Waals surface area (Å²) in [5, 5.41) is 10.5. The highest BCUT2D eigenvalue weighted by molar-refractivity contribution is 5.85. The van der Waals surface area contributed by atoms with E-state index in [9.17, 15) is 5.11 Å². The van der Waals surface area contributed by atoms with Crippen molar-refractivity contribution in [3.05, 3.63) is 53.6 Å². The quantitative estimate of drug-likeness (QED) is 0.800. The molecule has 2 rings (SSSR count). The van der Waals surface area contributed by atoms with Crippen molar-refractivity contribution in [2.45, 2.75) is 18.6 Å². The highest BCUT2D eigenvalue weighted by Gasteiger charge is 2.25. The van der Waals surface area contributed by atoms with Crippen LogP contribution in [-0.2, 0) is 6.42 Å². The maximum absolute atomic E-state index is 10.5. The lowest BCUT2D eigenvalue weighted by atomic mass is 9.95. The summed E-state index contributed by atoms with van der Waals surface area (Å²) in [4.78, 5) is 0. The standard InChI is InChI=1S/C18H23NO4.ClH/c1-21-13-10-15(22-2)17(16(11-13)23-3)18(19)14(20)9-12-7-5-4-6-8-12;/h4-8,10-11,14,18,20H,9,19H2,1-3H3;1H/t14-,18-;/m1./s1.